The van der Waals surface area contributed by atoms with Crippen molar-refractivity contribution in [1.29, 1.82) is 0 Å². The van der Waals surface area contributed by atoms with E-state index < -0.39 is 0 Å². The van der Waals surface area contributed by atoms with Gasteiger partial charge in [0.05, 0.1) is 13.2 Å². The molecule has 0 radical (unpaired) electrons. The zero-order chi connectivity index (χ0) is 16.6. The van der Waals surface area contributed by atoms with Crippen molar-refractivity contribution >= 4 is 0 Å². The van der Waals surface area contributed by atoms with Crippen molar-refractivity contribution in [2.75, 3.05) is 19.8 Å². The van der Waals surface area contributed by atoms with Crippen molar-refractivity contribution in [3.8, 4) is 11.5 Å². The molecule has 22 heavy (non-hydrogen) atoms. The lowest BCUT2D eigenvalue weighted by Crippen LogP contribution is -2.36. The number of para-hydroxylation sites is 2. The molecule has 0 fully saturated rings. The van der Waals surface area contributed by atoms with E-state index in [1.807, 2.05) is 24.3 Å². The largest absolute Gasteiger partial charge is 0.490 e. The third-order valence-corrected chi connectivity index (χ3v) is 3.66. The molecule has 1 rings (SSSR count). The van der Waals surface area contributed by atoms with Gasteiger partial charge in [0.25, 0.3) is 0 Å². The van der Waals surface area contributed by atoms with Gasteiger partial charge in [0, 0.05) is 5.54 Å². The van der Waals surface area contributed by atoms with Crippen LogP contribution in [0.2, 0.25) is 0 Å². The van der Waals surface area contributed by atoms with E-state index in [4.69, 9.17) is 9.47 Å². The molecule has 126 valence electrons. The van der Waals surface area contributed by atoms with Gasteiger partial charge in [0.15, 0.2) is 11.5 Å². The van der Waals surface area contributed by atoms with Gasteiger partial charge in [-0.05, 0) is 57.7 Å². The van der Waals surface area contributed by atoms with E-state index in [0.29, 0.717) is 13.2 Å². The number of nitrogens with one attached hydrogen (secondary N) is 1. The van der Waals surface area contributed by atoms with Crippen LogP contribution in [0.3, 0.4) is 0 Å². The number of hydrogen-bond acceptors (Lipinski definition) is 3. The molecule has 0 spiro atoms. The first-order valence-corrected chi connectivity index (χ1v) is 8.33. The van der Waals surface area contributed by atoms with E-state index in [9.17, 15) is 0 Å². The van der Waals surface area contributed by atoms with Crippen LogP contribution in [0.25, 0.3) is 0 Å². The molecule has 0 bridgehead atoms. The molecule has 1 aromatic rings. The number of benzene rings is 1. The average Bonchev–Trinajstić information content (AvgIpc) is 2.45. The average molecular weight is 307 g/mol. The highest BCUT2D eigenvalue weighted by Crippen LogP contribution is 2.29. The quantitative estimate of drug-likeness (QED) is 0.673. The highest BCUT2D eigenvalue weighted by molar-refractivity contribution is 5.39. The number of hydrogen-bond donors (Lipinski definition) is 1. The molecule has 0 aromatic heterocycles. The minimum atomic E-state index is 0.159. The first-order valence-electron chi connectivity index (χ1n) is 8.33. The summed E-state index contributed by atoms with van der Waals surface area (Å²) in [5.41, 5.74) is 0.344. The predicted octanol–water partition coefficient (Wildman–Crippen LogP) is 4.66. The maximum absolute atomic E-state index is 5.96. The van der Waals surface area contributed by atoms with Gasteiger partial charge >= 0.3 is 0 Å². The summed E-state index contributed by atoms with van der Waals surface area (Å²) in [6.45, 7) is 15.5. The van der Waals surface area contributed by atoms with Crippen LogP contribution in [0.5, 0.6) is 11.5 Å². The summed E-state index contributed by atoms with van der Waals surface area (Å²) in [5, 5.41) is 3.46. The maximum Gasteiger partial charge on any atom is 0.161 e. The highest BCUT2D eigenvalue weighted by atomic mass is 16.5. The SMILES string of the molecule is CCC(C)(C)COc1ccccc1OCCCNC(C)(C)C. The molecule has 0 unspecified atom stereocenters. The van der Waals surface area contributed by atoms with Gasteiger partial charge in [-0.3, -0.25) is 0 Å². The lowest BCUT2D eigenvalue weighted by atomic mass is 9.92. The molecular formula is C19H33NO2. The van der Waals surface area contributed by atoms with Gasteiger partial charge in [-0.2, -0.15) is 0 Å². The Balaban J connectivity index is 2.43. The molecule has 0 aliphatic heterocycles. The summed E-state index contributed by atoms with van der Waals surface area (Å²) in [7, 11) is 0. The summed E-state index contributed by atoms with van der Waals surface area (Å²) in [6, 6.07) is 7.93. The molecule has 0 aliphatic carbocycles. The maximum atomic E-state index is 5.96. The summed E-state index contributed by atoms with van der Waals surface area (Å²) in [6.07, 6.45) is 2.07. The van der Waals surface area contributed by atoms with E-state index >= 15 is 0 Å². The second kappa shape index (κ2) is 8.42. The van der Waals surface area contributed by atoms with Gasteiger partial charge in [0.1, 0.15) is 0 Å². The first kappa shape index (κ1) is 18.8. The van der Waals surface area contributed by atoms with Crippen LogP contribution in [0.1, 0.15) is 54.4 Å². The van der Waals surface area contributed by atoms with Crippen molar-refractivity contribution in [3.63, 3.8) is 0 Å². The Morgan fingerprint density at radius 1 is 0.955 bits per heavy atom. The molecular weight excluding hydrogens is 274 g/mol. The van der Waals surface area contributed by atoms with Gasteiger partial charge in [-0.15, -0.1) is 0 Å². The standard InChI is InChI=1S/C19H33NO2/c1-7-19(5,6)15-22-17-12-9-8-11-16(17)21-14-10-13-20-18(2,3)4/h8-9,11-12,20H,7,10,13-15H2,1-6H3. The molecule has 0 saturated carbocycles. The smallest absolute Gasteiger partial charge is 0.161 e. The van der Waals surface area contributed by atoms with E-state index in [-0.39, 0.29) is 11.0 Å². The molecule has 0 aliphatic rings. The fraction of sp³-hybridized carbons (Fsp3) is 0.684. The molecule has 0 amide bonds. The first-order chi connectivity index (χ1) is 10.2. The van der Waals surface area contributed by atoms with Gasteiger partial charge in [0.2, 0.25) is 0 Å². The van der Waals surface area contributed by atoms with Crippen LogP contribution in [0, 0.1) is 5.41 Å². The molecule has 1 N–H and O–H groups in total. The monoisotopic (exact) mass is 307 g/mol. The Labute approximate surface area is 136 Å². The normalized spacial score (nSPS) is 12.3. The van der Waals surface area contributed by atoms with Crippen molar-refractivity contribution in [2.24, 2.45) is 5.41 Å². The number of ether oxygens (including phenoxy) is 2. The Hall–Kier alpha value is -1.22. The van der Waals surface area contributed by atoms with Crippen molar-refractivity contribution in [3.05, 3.63) is 24.3 Å². The third kappa shape index (κ3) is 7.69. The fourth-order valence-corrected chi connectivity index (χ4v) is 1.78. The summed E-state index contributed by atoms with van der Waals surface area (Å²) >= 11 is 0. The Bertz CT molecular complexity index is 435. The van der Waals surface area contributed by atoms with Crippen molar-refractivity contribution in [1.82, 2.24) is 5.32 Å². The van der Waals surface area contributed by atoms with Crippen LogP contribution in [-0.2, 0) is 0 Å². The topological polar surface area (TPSA) is 30.5 Å². The van der Waals surface area contributed by atoms with Crippen LogP contribution in [-0.4, -0.2) is 25.3 Å². The zero-order valence-electron chi connectivity index (χ0n) is 15.2. The molecule has 0 saturated heterocycles. The highest BCUT2D eigenvalue weighted by Gasteiger charge is 2.17. The van der Waals surface area contributed by atoms with Crippen LogP contribution >= 0.6 is 0 Å². The Morgan fingerprint density at radius 3 is 2.09 bits per heavy atom. The Morgan fingerprint density at radius 2 is 1.55 bits per heavy atom. The molecule has 3 heteroatoms. The molecule has 0 heterocycles. The van der Waals surface area contributed by atoms with E-state index in [0.717, 1.165) is 30.9 Å². The van der Waals surface area contributed by atoms with Gasteiger partial charge < -0.3 is 14.8 Å². The molecule has 1 aromatic carbocycles. The predicted molar refractivity (Wildman–Crippen MR) is 93.9 cm³/mol. The fourth-order valence-electron chi connectivity index (χ4n) is 1.78. The third-order valence-electron chi connectivity index (χ3n) is 3.66. The van der Waals surface area contributed by atoms with Gasteiger partial charge in [-0.25, -0.2) is 0 Å². The van der Waals surface area contributed by atoms with E-state index in [1.54, 1.807) is 0 Å². The minimum absolute atomic E-state index is 0.159. The minimum Gasteiger partial charge on any atom is -0.490 e. The second-order valence-corrected chi connectivity index (χ2v) is 7.63. The summed E-state index contributed by atoms with van der Waals surface area (Å²) in [4.78, 5) is 0. The second-order valence-electron chi connectivity index (χ2n) is 7.63. The Kier molecular flexibility index (Phi) is 7.21. The molecule has 0 atom stereocenters. The van der Waals surface area contributed by atoms with Crippen LogP contribution in [0.15, 0.2) is 24.3 Å². The van der Waals surface area contributed by atoms with Crippen LogP contribution < -0.4 is 14.8 Å². The zero-order valence-corrected chi connectivity index (χ0v) is 15.2. The van der Waals surface area contributed by atoms with Crippen molar-refractivity contribution < 1.29 is 9.47 Å². The van der Waals surface area contributed by atoms with E-state index in [1.165, 1.54) is 0 Å². The van der Waals surface area contributed by atoms with Crippen LogP contribution in [0.4, 0.5) is 0 Å². The van der Waals surface area contributed by atoms with E-state index in [2.05, 4.69) is 46.9 Å². The number of rotatable bonds is 9. The van der Waals surface area contributed by atoms with Crippen molar-refractivity contribution in [2.45, 2.75) is 59.9 Å². The summed E-state index contributed by atoms with van der Waals surface area (Å²) in [5.74, 6) is 1.68. The van der Waals surface area contributed by atoms with Gasteiger partial charge in [-0.1, -0.05) is 32.9 Å². The lowest BCUT2D eigenvalue weighted by Gasteiger charge is -2.23. The summed E-state index contributed by atoms with van der Waals surface area (Å²) < 4.78 is 11.8. The lowest BCUT2D eigenvalue weighted by molar-refractivity contribution is 0.167. The molecule has 3 nitrogen and oxygen atoms in total.